The Kier molecular flexibility index (Phi) is 1.32. The van der Waals surface area contributed by atoms with Crippen molar-refractivity contribution in [2.75, 3.05) is 5.32 Å². The molecule has 2 aromatic heterocycles. The van der Waals surface area contributed by atoms with E-state index in [9.17, 15) is 4.79 Å². The molecule has 3 N–H and O–H groups in total. The third kappa shape index (κ3) is 0.852. The van der Waals surface area contributed by atoms with Gasteiger partial charge in [-0.25, -0.2) is 0 Å². The normalized spacial score (nSPS) is 20.7. The maximum absolute atomic E-state index is 11.0. The van der Waals surface area contributed by atoms with Gasteiger partial charge in [0, 0.05) is 5.56 Å². The van der Waals surface area contributed by atoms with Crippen LogP contribution < -0.4 is 11.1 Å². The van der Waals surface area contributed by atoms with E-state index in [-0.39, 0.29) is 11.9 Å². The lowest BCUT2D eigenvalue weighted by Gasteiger charge is -2.22. The first kappa shape index (κ1) is 7.67. The topological polar surface area (TPSA) is 68.3 Å². The van der Waals surface area contributed by atoms with Crippen LogP contribution in [0.3, 0.4) is 0 Å². The van der Waals surface area contributed by atoms with Crippen LogP contribution in [0, 0.1) is 0 Å². The van der Waals surface area contributed by atoms with Gasteiger partial charge in [-0.3, -0.25) is 4.79 Å². The number of fused-ring (bicyclic) bond motifs is 5. The minimum atomic E-state index is -0.297. The molecule has 0 spiro atoms. The van der Waals surface area contributed by atoms with Gasteiger partial charge in [0.15, 0.2) is 5.58 Å². The second-order valence-electron chi connectivity index (χ2n) is 3.66. The van der Waals surface area contributed by atoms with E-state index in [0.717, 1.165) is 29.7 Å². The van der Waals surface area contributed by atoms with E-state index in [1.165, 1.54) is 5.56 Å². The van der Waals surface area contributed by atoms with Crippen LogP contribution >= 0.6 is 0 Å². The highest BCUT2D eigenvalue weighted by molar-refractivity contribution is 5.91. The Balaban J connectivity index is 2.05. The maximum atomic E-state index is 11.0. The first-order chi connectivity index (χ1) is 6.75. The van der Waals surface area contributed by atoms with E-state index in [1.54, 1.807) is 0 Å². The monoisotopic (exact) mass is 190 g/mol. The smallest absolute Gasteiger partial charge is 0.239 e. The van der Waals surface area contributed by atoms with E-state index in [2.05, 4.69) is 5.32 Å². The van der Waals surface area contributed by atoms with Crippen molar-refractivity contribution in [2.24, 2.45) is 5.73 Å². The number of benzene rings is 1. The summed E-state index contributed by atoms with van der Waals surface area (Å²) in [7, 11) is 0. The number of primary amides is 1. The number of rotatable bonds is 1. The van der Waals surface area contributed by atoms with Gasteiger partial charge in [-0.15, -0.1) is 0 Å². The molecular weight excluding hydrogens is 180 g/mol. The van der Waals surface area contributed by atoms with Gasteiger partial charge in [0.2, 0.25) is 5.91 Å². The van der Waals surface area contributed by atoms with Crippen LogP contribution in [0.15, 0.2) is 16.5 Å². The molecule has 1 aliphatic heterocycles. The van der Waals surface area contributed by atoms with Crippen LogP contribution in [0.4, 0.5) is 5.69 Å². The standard InChI is InChI=1S/C10H10N2O2/c11-10(13)6-2-1-5-7-3-4-8(14-7)9(5)12-6/h3-4,6,12H,1-2H2,(H2,11,13). The molecule has 1 aliphatic rings. The van der Waals surface area contributed by atoms with Crippen LogP contribution in [0.1, 0.15) is 12.0 Å². The fraction of sp³-hybridized carbons (Fsp3) is 0.300. The lowest BCUT2D eigenvalue weighted by atomic mass is 9.98. The zero-order chi connectivity index (χ0) is 9.71. The Hall–Kier alpha value is -1.71. The number of hydrogen-bond donors (Lipinski definition) is 2. The van der Waals surface area contributed by atoms with E-state index in [0.29, 0.717) is 0 Å². The van der Waals surface area contributed by atoms with Crippen LogP contribution in [0.25, 0.3) is 11.2 Å². The van der Waals surface area contributed by atoms with Gasteiger partial charge in [0.1, 0.15) is 11.6 Å². The Morgan fingerprint density at radius 3 is 3.07 bits per heavy atom. The van der Waals surface area contributed by atoms with Gasteiger partial charge < -0.3 is 15.5 Å². The molecule has 0 radical (unpaired) electrons. The Morgan fingerprint density at radius 1 is 1.50 bits per heavy atom. The molecule has 2 aromatic rings. The summed E-state index contributed by atoms with van der Waals surface area (Å²) in [5.74, 6) is -0.297. The molecule has 2 bridgehead atoms. The minimum absolute atomic E-state index is 0.252. The van der Waals surface area contributed by atoms with Crippen molar-refractivity contribution in [2.45, 2.75) is 18.9 Å². The summed E-state index contributed by atoms with van der Waals surface area (Å²) >= 11 is 0. The van der Waals surface area contributed by atoms with E-state index >= 15 is 0 Å². The molecule has 4 heteroatoms. The van der Waals surface area contributed by atoms with Gasteiger partial charge in [-0.2, -0.15) is 0 Å². The highest BCUT2D eigenvalue weighted by atomic mass is 16.3. The number of aryl methyl sites for hydroxylation is 1. The van der Waals surface area contributed by atoms with Gasteiger partial charge in [-0.05, 0) is 25.0 Å². The van der Waals surface area contributed by atoms with E-state index < -0.39 is 0 Å². The second kappa shape index (κ2) is 2.41. The van der Waals surface area contributed by atoms with Crippen molar-refractivity contribution in [1.82, 2.24) is 0 Å². The largest absolute Gasteiger partial charge is 0.455 e. The summed E-state index contributed by atoms with van der Waals surface area (Å²) in [4.78, 5) is 11.0. The quantitative estimate of drug-likeness (QED) is 0.707. The van der Waals surface area contributed by atoms with Crippen molar-refractivity contribution in [3.05, 3.63) is 17.7 Å². The summed E-state index contributed by atoms with van der Waals surface area (Å²) in [6, 6.07) is 3.61. The average Bonchev–Trinajstić information content (AvgIpc) is 2.77. The molecule has 0 saturated heterocycles. The molecule has 1 atom stereocenters. The molecule has 0 saturated carbocycles. The highest BCUT2D eigenvalue weighted by Gasteiger charge is 2.27. The van der Waals surface area contributed by atoms with Crippen LogP contribution in [0.5, 0.6) is 0 Å². The summed E-state index contributed by atoms with van der Waals surface area (Å²) in [5, 5.41) is 3.12. The molecule has 1 unspecified atom stereocenters. The summed E-state index contributed by atoms with van der Waals surface area (Å²) in [5.41, 5.74) is 9.13. The van der Waals surface area contributed by atoms with Gasteiger partial charge in [-0.1, -0.05) is 0 Å². The lowest BCUT2D eigenvalue weighted by molar-refractivity contribution is -0.118. The Morgan fingerprint density at radius 2 is 2.29 bits per heavy atom. The van der Waals surface area contributed by atoms with Crippen molar-refractivity contribution in [3.8, 4) is 0 Å². The van der Waals surface area contributed by atoms with Crippen LogP contribution in [-0.4, -0.2) is 11.9 Å². The third-order valence-corrected chi connectivity index (χ3v) is 2.80. The number of furan rings is 2. The Labute approximate surface area is 80.4 Å². The number of hydrogen-bond acceptors (Lipinski definition) is 3. The summed E-state index contributed by atoms with van der Waals surface area (Å²) in [6.07, 6.45) is 1.61. The number of nitrogens with one attached hydrogen (secondary N) is 1. The molecule has 3 heterocycles. The maximum Gasteiger partial charge on any atom is 0.239 e. The first-order valence-corrected chi connectivity index (χ1v) is 4.65. The number of carbonyl (C=O) groups excluding carboxylic acids is 1. The van der Waals surface area contributed by atoms with Gasteiger partial charge in [0.25, 0.3) is 0 Å². The molecule has 0 aromatic carbocycles. The fourth-order valence-electron chi connectivity index (χ4n) is 2.06. The van der Waals surface area contributed by atoms with Crippen LogP contribution in [0.2, 0.25) is 0 Å². The number of amides is 1. The zero-order valence-electron chi connectivity index (χ0n) is 7.54. The SMILES string of the molecule is NC(=O)C1CCc2c(c3ccc2o3)N1. The summed E-state index contributed by atoms with van der Waals surface area (Å²) < 4.78 is 5.48. The summed E-state index contributed by atoms with van der Waals surface area (Å²) in [6.45, 7) is 0. The van der Waals surface area contributed by atoms with Crippen molar-refractivity contribution < 1.29 is 9.21 Å². The number of carbonyl (C=O) groups is 1. The number of nitrogens with two attached hydrogens (primary N) is 1. The third-order valence-electron chi connectivity index (χ3n) is 2.80. The highest BCUT2D eigenvalue weighted by Crippen LogP contribution is 2.37. The predicted molar refractivity (Wildman–Crippen MR) is 52.3 cm³/mol. The second-order valence-corrected chi connectivity index (χ2v) is 3.66. The van der Waals surface area contributed by atoms with Gasteiger partial charge in [0.05, 0.1) is 5.69 Å². The molecule has 0 fully saturated rings. The molecule has 3 rings (SSSR count). The zero-order valence-corrected chi connectivity index (χ0v) is 7.54. The van der Waals surface area contributed by atoms with E-state index in [4.69, 9.17) is 10.2 Å². The minimum Gasteiger partial charge on any atom is -0.455 e. The lowest BCUT2D eigenvalue weighted by Crippen LogP contribution is -2.38. The first-order valence-electron chi connectivity index (χ1n) is 4.65. The molecular formula is C10H10N2O2. The molecule has 72 valence electrons. The van der Waals surface area contributed by atoms with Crippen LogP contribution in [-0.2, 0) is 11.2 Å². The predicted octanol–water partition coefficient (Wildman–Crippen LogP) is 1.08. The molecule has 14 heavy (non-hydrogen) atoms. The van der Waals surface area contributed by atoms with Gasteiger partial charge >= 0.3 is 0 Å². The average molecular weight is 190 g/mol. The molecule has 0 aliphatic carbocycles. The molecule has 4 nitrogen and oxygen atoms in total. The van der Waals surface area contributed by atoms with Crippen molar-refractivity contribution in [1.29, 1.82) is 0 Å². The van der Waals surface area contributed by atoms with E-state index in [1.807, 2.05) is 12.1 Å². The Bertz CT molecular complexity index is 489. The fourth-order valence-corrected chi connectivity index (χ4v) is 2.06. The van der Waals surface area contributed by atoms with Crippen molar-refractivity contribution in [3.63, 3.8) is 0 Å². The number of anilines is 1. The molecule has 1 amide bonds. The van der Waals surface area contributed by atoms with Crippen molar-refractivity contribution >= 4 is 22.8 Å².